The van der Waals surface area contributed by atoms with Gasteiger partial charge in [-0.2, -0.15) is 0 Å². The van der Waals surface area contributed by atoms with Gasteiger partial charge in [0.2, 0.25) is 5.82 Å². The summed E-state index contributed by atoms with van der Waals surface area (Å²) in [4.78, 5) is 27.2. The number of methoxy groups -OCH3 is 1. The molecule has 1 heterocycles. The van der Waals surface area contributed by atoms with E-state index in [0.717, 1.165) is 0 Å². The Hall–Kier alpha value is -3.74. The smallest absolute Gasteiger partial charge is 0.311 e. The Morgan fingerprint density at radius 3 is 2.54 bits per heavy atom. The molecule has 0 aliphatic carbocycles. The minimum Gasteiger partial charge on any atom is -0.497 e. The van der Waals surface area contributed by atoms with Crippen molar-refractivity contribution >= 4 is 23.0 Å². The number of nitro groups is 1. The van der Waals surface area contributed by atoms with Gasteiger partial charge in [-0.1, -0.05) is 12.1 Å². The Labute approximate surface area is 149 Å². The summed E-state index contributed by atoms with van der Waals surface area (Å²) in [6.07, 6.45) is 1.46. The molecule has 0 saturated carbocycles. The van der Waals surface area contributed by atoms with E-state index in [9.17, 15) is 14.9 Å². The molecule has 0 unspecified atom stereocenters. The van der Waals surface area contributed by atoms with Crippen molar-refractivity contribution in [2.45, 2.75) is 0 Å². The maximum absolute atomic E-state index is 12.6. The Morgan fingerprint density at radius 1 is 1.08 bits per heavy atom. The second kappa shape index (κ2) is 7.43. The van der Waals surface area contributed by atoms with Crippen LogP contribution in [-0.2, 0) is 0 Å². The molecule has 3 aromatic rings. The fourth-order valence-corrected chi connectivity index (χ4v) is 2.42. The van der Waals surface area contributed by atoms with Gasteiger partial charge in [0.25, 0.3) is 0 Å². The first kappa shape index (κ1) is 17.1. The summed E-state index contributed by atoms with van der Waals surface area (Å²) in [5, 5.41) is 14.0. The van der Waals surface area contributed by atoms with E-state index in [4.69, 9.17) is 4.74 Å². The highest BCUT2D eigenvalue weighted by atomic mass is 16.6. The number of nitrogens with zero attached hydrogens (tertiary/aromatic N) is 2. The largest absolute Gasteiger partial charge is 0.497 e. The summed E-state index contributed by atoms with van der Waals surface area (Å²) < 4.78 is 5.09. The molecular weight excluding hydrogens is 334 g/mol. The van der Waals surface area contributed by atoms with E-state index in [-0.39, 0.29) is 17.3 Å². The molecule has 0 aliphatic heterocycles. The van der Waals surface area contributed by atoms with Gasteiger partial charge in [-0.3, -0.25) is 14.9 Å². The summed E-state index contributed by atoms with van der Waals surface area (Å²) in [7, 11) is 1.56. The number of nitrogens with one attached hydrogen (secondary N) is 1. The Bertz CT molecular complexity index is 955. The van der Waals surface area contributed by atoms with Crippen LogP contribution in [0.15, 0.2) is 66.9 Å². The molecular formula is C19H15N3O4. The first-order chi connectivity index (χ1) is 12.6. The molecule has 130 valence electrons. The second-order valence-corrected chi connectivity index (χ2v) is 5.39. The van der Waals surface area contributed by atoms with Gasteiger partial charge in [0.1, 0.15) is 5.75 Å². The molecule has 7 nitrogen and oxygen atoms in total. The molecule has 1 N–H and O–H groups in total. The topological polar surface area (TPSA) is 94.4 Å². The van der Waals surface area contributed by atoms with Crippen LogP contribution in [0.25, 0.3) is 0 Å². The van der Waals surface area contributed by atoms with Crippen LogP contribution in [0, 0.1) is 10.1 Å². The molecule has 26 heavy (non-hydrogen) atoms. The van der Waals surface area contributed by atoms with Crippen molar-refractivity contribution < 1.29 is 14.5 Å². The van der Waals surface area contributed by atoms with Crippen molar-refractivity contribution in [3.05, 3.63) is 88.1 Å². The number of pyridine rings is 1. The first-order valence-electron chi connectivity index (χ1n) is 7.74. The fourth-order valence-electron chi connectivity index (χ4n) is 2.42. The van der Waals surface area contributed by atoms with Crippen LogP contribution in [0.5, 0.6) is 5.75 Å². The molecule has 3 rings (SSSR count). The van der Waals surface area contributed by atoms with Gasteiger partial charge in [-0.25, -0.2) is 4.98 Å². The SMILES string of the molecule is COc1ccc(C(=O)c2cccc(Nc3ncccc3[N+](=O)[O-])c2)cc1. The zero-order chi connectivity index (χ0) is 18.5. The molecule has 1 aromatic heterocycles. The van der Waals surface area contributed by atoms with Gasteiger partial charge in [0.15, 0.2) is 5.78 Å². The van der Waals surface area contributed by atoms with Crippen LogP contribution in [0.4, 0.5) is 17.2 Å². The summed E-state index contributed by atoms with van der Waals surface area (Å²) in [6.45, 7) is 0. The van der Waals surface area contributed by atoms with Crippen LogP contribution < -0.4 is 10.1 Å². The van der Waals surface area contributed by atoms with Gasteiger partial charge in [-0.15, -0.1) is 0 Å². The third kappa shape index (κ3) is 3.67. The molecule has 0 atom stereocenters. The number of anilines is 2. The highest BCUT2D eigenvalue weighted by Gasteiger charge is 2.15. The van der Waals surface area contributed by atoms with Crippen LogP contribution in [0.3, 0.4) is 0 Å². The van der Waals surface area contributed by atoms with Crippen molar-refractivity contribution in [1.82, 2.24) is 4.98 Å². The maximum Gasteiger partial charge on any atom is 0.311 e. The zero-order valence-electron chi connectivity index (χ0n) is 13.9. The average molecular weight is 349 g/mol. The summed E-state index contributed by atoms with van der Waals surface area (Å²) in [6, 6.07) is 16.4. The molecule has 0 amide bonds. The second-order valence-electron chi connectivity index (χ2n) is 5.39. The van der Waals surface area contributed by atoms with E-state index in [1.54, 1.807) is 55.6 Å². The monoisotopic (exact) mass is 349 g/mol. The van der Waals surface area contributed by atoms with E-state index >= 15 is 0 Å². The molecule has 0 radical (unpaired) electrons. The minimum atomic E-state index is -0.512. The number of rotatable bonds is 6. The van der Waals surface area contributed by atoms with Crippen molar-refractivity contribution in [3.63, 3.8) is 0 Å². The number of carbonyl (C=O) groups is 1. The Kier molecular flexibility index (Phi) is 4.89. The van der Waals surface area contributed by atoms with Crippen molar-refractivity contribution in [2.24, 2.45) is 0 Å². The van der Waals surface area contributed by atoms with Crippen LogP contribution in [0.2, 0.25) is 0 Å². The first-order valence-corrected chi connectivity index (χ1v) is 7.74. The number of benzene rings is 2. The van der Waals surface area contributed by atoms with E-state index in [1.807, 2.05) is 0 Å². The average Bonchev–Trinajstić information content (AvgIpc) is 2.68. The van der Waals surface area contributed by atoms with E-state index in [1.165, 1.54) is 18.3 Å². The van der Waals surface area contributed by atoms with Gasteiger partial charge in [0, 0.05) is 29.1 Å². The van der Waals surface area contributed by atoms with E-state index in [2.05, 4.69) is 10.3 Å². The Morgan fingerprint density at radius 2 is 1.85 bits per heavy atom. The highest BCUT2D eigenvalue weighted by Crippen LogP contribution is 2.25. The number of hydrogen-bond donors (Lipinski definition) is 1. The highest BCUT2D eigenvalue weighted by molar-refractivity contribution is 6.09. The zero-order valence-corrected chi connectivity index (χ0v) is 13.9. The number of ketones is 1. The van der Waals surface area contributed by atoms with Gasteiger partial charge >= 0.3 is 5.69 Å². The minimum absolute atomic E-state index is 0.117. The lowest BCUT2D eigenvalue weighted by atomic mass is 10.0. The lowest BCUT2D eigenvalue weighted by Crippen LogP contribution is -2.03. The van der Waals surface area contributed by atoms with Crippen LogP contribution in [0.1, 0.15) is 15.9 Å². The summed E-state index contributed by atoms with van der Waals surface area (Å²) in [5.74, 6) is 0.623. The van der Waals surface area contributed by atoms with Crippen LogP contribution in [-0.4, -0.2) is 22.8 Å². The molecule has 0 fully saturated rings. The predicted octanol–water partition coefficient (Wildman–Crippen LogP) is 3.97. The van der Waals surface area contributed by atoms with Crippen molar-refractivity contribution in [2.75, 3.05) is 12.4 Å². The quantitative estimate of drug-likeness (QED) is 0.411. The lowest BCUT2D eigenvalue weighted by Gasteiger charge is -2.08. The normalized spacial score (nSPS) is 10.2. The van der Waals surface area contributed by atoms with Gasteiger partial charge in [0.05, 0.1) is 12.0 Å². The standard InChI is InChI=1S/C19H15N3O4/c1-26-16-9-7-13(8-10-16)18(23)14-4-2-5-15(12-14)21-19-17(22(24)25)6-3-11-20-19/h2-12H,1H3,(H,20,21). The van der Waals surface area contributed by atoms with Crippen molar-refractivity contribution in [1.29, 1.82) is 0 Å². The number of carbonyl (C=O) groups excluding carboxylic acids is 1. The predicted molar refractivity (Wildman–Crippen MR) is 97.0 cm³/mol. The third-order valence-corrected chi connectivity index (χ3v) is 3.72. The molecule has 0 spiro atoms. The van der Waals surface area contributed by atoms with Gasteiger partial charge in [-0.05, 0) is 42.5 Å². The van der Waals surface area contributed by atoms with Crippen LogP contribution >= 0.6 is 0 Å². The number of ether oxygens (including phenoxy) is 1. The van der Waals surface area contributed by atoms with Crippen molar-refractivity contribution in [3.8, 4) is 5.75 Å². The molecule has 0 bridgehead atoms. The lowest BCUT2D eigenvalue weighted by molar-refractivity contribution is -0.384. The molecule has 0 aliphatic rings. The summed E-state index contributed by atoms with van der Waals surface area (Å²) in [5.41, 5.74) is 1.37. The Balaban J connectivity index is 1.86. The van der Waals surface area contributed by atoms with E-state index < -0.39 is 4.92 Å². The fraction of sp³-hybridized carbons (Fsp3) is 0.0526. The number of hydrogen-bond acceptors (Lipinski definition) is 6. The molecule has 7 heteroatoms. The van der Waals surface area contributed by atoms with E-state index in [0.29, 0.717) is 22.6 Å². The summed E-state index contributed by atoms with van der Waals surface area (Å²) >= 11 is 0. The number of aromatic nitrogens is 1. The molecule has 2 aromatic carbocycles. The molecule has 0 saturated heterocycles. The maximum atomic E-state index is 12.6. The third-order valence-electron chi connectivity index (χ3n) is 3.72. The van der Waals surface area contributed by atoms with Gasteiger partial charge < -0.3 is 10.1 Å².